The molecule has 4 rings (SSSR count). The van der Waals surface area contributed by atoms with Gasteiger partial charge in [-0.25, -0.2) is 9.97 Å². The van der Waals surface area contributed by atoms with Crippen LogP contribution in [0.15, 0.2) is 47.4 Å². The van der Waals surface area contributed by atoms with Gasteiger partial charge in [-0.15, -0.1) is 0 Å². The molecule has 1 atom stereocenters. The van der Waals surface area contributed by atoms with Crippen molar-refractivity contribution in [3.05, 3.63) is 64.3 Å². The zero-order chi connectivity index (χ0) is 21.8. The number of amides is 2. The predicted molar refractivity (Wildman–Crippen MR) is 118 cm³/mol. The van der Waals surface area contributed by atoms with Gasteiger partial charge >= 0.3 is 0 Å². The molecular weight excluding hydrogens is 394 g/mol. The van der Waals surface area contributed by atoms with Gasteiger partial charge < -0.3 is 15.2 Å². The number of aromatic nitrogens is 3. The van der Waals surface area contributed by atoms with Crippen molar-refractivity contribution in [1.82, 2.24) is 19.9 Å². The second kappa shape index (κ2) is 9.07. The summed E-state index contributed by atoms with van der Waals surface area (Å²) >= 11 is 0. The van der Waals surface area contributed by atoms with Gasteiger partial charge in [-0.05, 0) is 43.5 Å². The standard InChI is InChI=1S/C23H25N5O3/c1-15-8-9-19(24-13-15)26-22(30)16-5-4-12-28(14-16)21(29)11-10-20-25-18-7-3-2-6-17(18)23(31)27-20/h2-3,6-9,13,16H,4-5,10-12,14H2,1H3,(H,24,26,30)(H,25,27,31). The molecule has 1 saturated heterocycles. The van der Waals surface area contributed by atoms with Crippen LogP contribution >= 0.6 is 0 Å². The highest BCUT2D eigenvalue weighted by molar-refractivity contribution is 5.92. The number of piperidine rings is 1. The van der Waals surface area contributed by atoms with Crippen molar-refractivity contribution in [2.24, 2.45) is 5.92 Å². The van der Waals surface area contributed by atoms with Gasteiger partial charge in [0.05, 0.1) is 16.8 Å². The molecule has 1 aromatic carbocycles. The van der Waals surface area contributed by atoms with E-state index in [1.807, 2.05) is 19.1 Å². The van der Waals surface area contributed by atoms with E-state index in [-0.39, 0.29) is 29.7 Å². The topological polar surface area (TPSA) is 108 Å². The van der Waals surface area contributed by atoms with Crippen molar-refractivity contribution < 1.29 is 9.59 Å². The summed E-state index contributed by atoms with van der Waals surface area (Å²) in [4.78, 5) is 50.7. The van der Waals surface area contributed by atoms with Gasteiger partial charge in [-0.3, -0.25) is 14.4 Å². The highest BCUT2D eigenvalue weighted by Gasteiger charge is 2.28. The normalized spacial score (nSPS) is 16.3. The molecule has 8 nitrogen and oxygen atoms in total. The summed E-state index contributed by atoms with van der Waals surface area (Å²) < 4.78 is 0. The lowest BCUT2D eigenvalue weighted by atomic mass is 9.96. The lowest BCUT2D eigenvalue weighted by molar-refractivity contribution is -0.134. The highest BCUT2D eigenvalue weighted by Crippen LogP contribution is 2.19. The third kappa shape index (κ3) is 4.96. The Labute approximate surface area is 179 Å². The number of nitrogens with zero attached hydrogens (tertiary/aromatic N) is 3. The van der Waals surface area contributed by atoms with Crippen LogP contribution in [-0.4, -0.2) is 44.8 Å². The van der Waals surface area contributed by atoms with Crippen LogP contribution in [0.1, 0.15) is 30.7 Å². The molecule has 3 heterocycles. The maximum Gasteiger partial charge on any atom is 0.258 e. The van der Waals surface area contributed by atoms with Crippen LogP contribution in [0.25, 0.3) is 10.9 Å². The number of carbonyl (C=O) groups excluding carboxylic acids is 2. The van der Waals surface area contributed by atoms with E-state index in [2.05, 4.69) is 20.3 Å². The minimum absolute atomic E-state index is 0.0400. The first-order valence-corrected chi connectivity index (χ1v) is 10.5. The van der Waals surface area contributed by atoms with Crippen LogP contribution in [0.5, 0.6) is 0 Å². The number of carbonyl (C=O) groups is 2. The van der Waals surface area contributed by atoms with E-state index < -0.39 is 0 Å². The van der Waals surface area contributed by atoms with Gasteiger partial charge in [0.15, 0.2) is 0 Å². The van der Waals surface area contributed by atoms with E-state index in [0.29, 0.717) is 42.1 Å². The van der Waals surface area contributed by atoms with E-state index in [1.165, 1.54) is 0 Å². The molecule has 160 valence electrons. The molecule has 2 N–H and O–H groups in total. The number of pyridine rings is 1. The molecule has 0 spiro atoms. The van der Waals surface area contributed by atoms with Crippen molar-refractivity contribution in [2.75, 3.05) is 18.4 Å². The minimum atomic E-state index is -0.264. The molecule has 2 amide bonds. The Morgan fingerprint density at radius 2 is 2.06 bits per heavy atom. The summed E-state index contributed by atoms with van der Waals surface area (Å²) in [6.07, 6.45) is 3.80. The van der Waals surface area contributed by atoms with E-state index >= 15 is 0 Å². The number of fused-ring (bicyclic) bond motifs is 1. The minimum Gasteiger partial charge on any atom is -0.342 e. The third-order valence-electron chi connectivity index (χ3n) is 5.55. The maximum atomic E-state index is 12.7. The van der Waals surface area contributed by atoms with Gasteiger partial charge in [0.2, 0.25) is 11.8 Å². The van der Waals surface area contributed by atoms with Crippen molar-refractivity contribution in [2.45, 2.75) is 32.6 Å². The fraction of sp³-hybridized carbons (Fsp3) is 0.348. The fourth-order valence-electron chi connectivity index (χ4n) is 3.82. The Bertz CT molecular complexity index is 1160. The number of aromatic amines is 1. The third-order valence-corrected chi connectivity index (χ3v) is 5.55. The molecule has 1 unspecified atom stereocenters. The van der Waals surface area contributed by atoms with E-state index in [1.54, 1.807) is 35.4 Å². The number of anilines is 1. The second-order valence-corrected chi connectivity index (χ2v) is 7.92. The van der Waals surface area contributed by atoms with Crippen LogP contribution in [0, 0.1) is 12.8 Å². The SMILES string of the molecule is Cc1ccc(NC(=O)C2CCCN(C(=O)CCc3nc4ccccc4c(=O)[nH]3)C2)nc1. The van der Waals surface area contributed by atoms with Gasteiger partial charge in [0.1, 0.15) is 11.6 Å². The second-order valence-electron chi connectivity index (χ2n) is 7.92. The molecule has 8 heteroatoms. The number of hydrogen-bond donors (Lipinski definition) is 2. The van der Waals surface area contributed by atoms with Crippen molar-refractivity contribution >= 4 is 28.5 Å². The molecule has 0 saturated carbocycles. The van der Waals surface area contributed by atoms with Crippen molar-refractivity contribution in [3.8, 4) is 0 Å². The quantitative estimate of drug-likeness (QED) is 0.660. The highest BCUT2D eigenvalue weighted by atomic mass is 16.2. The monoisotopic (exact) mass is 419 g/mol. The predicted octanol–water partition coefficient (Wildman–Crippen LogP) is 2.44. The molecule has 2 aromatic heterocycles. The number of H-pyrrole nitrogens is 1. The number of rotatable bonds is 5. The zero-order valence-electron chi connectivity index (χ0n) is 17.4. The van der Waals surface area contributed by atoms with Crippen LogP contribution in [-0.2, 0) is 16.0 Å². The van der Waals surface area contributed by atoms with Crippen LogP contribution < -0.4 is 10.9 Å². The summed E-state index contributed by atoms with van der Waals surface area (Å²) in [6.45, 7) is 2.96. The fourth-order valence-corrected chi connectivity index (χ4v) is 3.82. The molecule has 0 bridgehead atoms. The summed E-state index contributed by atoms with van der Waals surface area (Å²) in [7, 11) is 0. The largest absolute Gasteiger partial charge is 0.342 e. The summed E-state index contributed by atoms with van der Waals surface area (Å²) in [5.74, 6) is 0.592. The van der Waals surface area contributed by atoms with Gasteiger partial charge in [0.25, 0.3) is 5.56 Å². The summed E-state index contributed by atoms with van der Waals surface area (Å²) in [5.41, 5.74) is 1.44. The molecule has 1 aliphatic rings. The first kappa shape index (κ1) is 20.7. The molecule has 0 aliphatic carbocycles. The number of benzene rings is 1. The first-order valence-electron chi connectivity index (χ1n) is 10.5. The average Bonchev–Trinajstić information content (AvgIpc) is 2.79. The summed E-state index contributed by atoms with van der Waals surface area (Å²) in [5, 5.41) is 3.37. The maximum absolute atomic E-state index is 12.7. The van der Waals surface area contributed by atoms with Gasteiger partial charge in [-0.2, -0.15) is 0 Å². The first-order chi connectivity index (χ1) is 15.0. The van der Waals surface area contributed by atoms with Crippen LogP contribution in [0.3, 0.4) is 0 Å². The van der Waals surface area contributed by atoms with Gasteiger partial charge in [0, 0.05) is 32.1 Å². The summed E-state index contributed by atoms with van der Waals surface area (Å²) in [6, 6.07) is 10.8. The molecule has 0 radical (unpaired) electrons. The number of aryl methyl sites for hydroxylation is 2. The van der Waals surface area contributed by atoms with E-state index in [0.717, 1.165) is 18.4 Å². The Balaban J connectivity index is 1.35. The van der Waals surface area contributed by atoms with E-state index in [9.17, 15) is 14.4 Å². The Morgan fingerprint density at radius 1 is 1.23 bits per heavy atom. The average molecular weight is 419 g/mol. The molecule has 3 aromatic rings. The molecule has 1 fully saturated rings. The smallest absolute Gasteiger partial charge is 0.258 e. The Kier molecular flexibility index (Phi) is 6.06. The van der Waals surface area contributed by atoms with Crippen molar-refractivity contribution in [3.63, 3.8) is 0 Å². The van der Waals surface area contributed by atoms with E-state index in [4.69, 9.17) is 0 Å². The Hall–Kier alpha value is -3.55. The van der Waals surface area contributed by atoms with Crippen LogP contribution in [0.4, 0.5) is 5.82 Å². The van der Waals surface area contributed by atoms with Crippen molar-refractivity contribution in [1.29, 1.82) is 0 Å². The Morgan fingerprint density at radius 3 is 2.87 bits per heavy atom. The van der Waals surface area contributed by atoms with Crippen LogP contribution in [0.2, 0.25) is 0 Å². The lowest BCUT2D eigenvalue weighted by Crippen LogP contribution is -2.44. The molecular formula is C23H25N5O3. The molecule has 1 aliphatic heterocycles. The number of para-hydroxylation sites is 1. The zero-order valence-corrected chi connectivity index (χ0v) is 17.4. The number of nitrogens with one attached hydrogen (secondary N) is 2. The van der Waals surface area contributed by atoms with Gasteiger partial charge in [-0.1, -0.05) is 18.2 Å². The number of hydrogen-bond acceptors (Lipinski definition) is 5. The molecule has 31 heavy (non-hydrogen) atoms. The number of likely N-dealkylation sites (tertiary alicyclic amines) is 1. The lowest BCUT2D eigenvalue weighted by Gasteiger charge is -2.32.